The zero-order valence-electron chi connectivity index (χ0n) is 18.7. The van der Waals surface area contributed by atoms with Gasteiger partial charge in [-0.1, -0.05) is 37.1 Å². The number of carbonyl (C=O) groups excluding carboxylic acids is 1. The van der Waals surface area contributed by atoms with E-state index in [9.17, 15) is 13.6 Å². The molecule has 0 saturated carbocycles. The van der Waals surface area contributed by atoms with Crippen LogP contribution in [0.2, 0.25) is 5.02 Å². The van der Waals surface area contributed by atoms with E-state index in [4.69, 9.17) is 11.6 Å². The molecule has 174 valence electrons. The van der Waals surface area contributed by atoms with Crippen LogP contribution in [0.5, 0.6) is 0 Å². The van der Waals surface area contributed by atoms with Gasteiger partial charge in [-0.15, -0.1) is 0 Å². The first kappa shape index (κ1) is 23.4. The van der Waals surface area contributed by atoms with Gasteiger partial charge in [0.15, 0.2) is 11.6 Å². The van der Waals surface area contributed by atoms with Gasteiger partial charge in [-0.2, -0.15) is 5.10 Å². The second-order valence-corrected chi connectivity index (χ2v) is 8.85. The number of carbonyl (C=O) groups is 1. The standard InChI is InChI=1S/C25H27ClF2N4O/c1-3-4-15-11-17(5-7-19(15)24-20(26)13-30-32(24)2)25(33)31-23-14-29-10-9-18(23)16-6-8-21(27)22(28)12-16/h5-8,11-13,18,23,29H,3-4,9-10,14H2,1-2H3,(H,31,33)/t18-,23+/m0/s1. The van der Waals surface area contributed by atoms with Crippen LogP contribution in [-0.4, -0.2) is 34.8 Å². The number of halogens is 3. The Hall–Kier alpha value is -2.77. The Bertz CT molecular complexity index is 1140. The molecule has 33 heavy (non-hydrogen) atoms. The molecule has 0 radical (unpaired) electrons. The number of hydrogen-bond donors (Lipinski definition) is 2. The summed E-state index contributed by atoms with van der Waals surface area (Å²) in [6.07, 6.45) is 4.04. The number of aromatic nitrogens is 2. The maximum atomic E-state index is 13.8. The van der Waals surface area contributed by atoms with E-state index in [1.54, 1.807) is 23.0 Å². The van der Waals surface area contributed by atoms with E-state index in [1.165, 1.54) is 6.07 Å². The highest BCUT2D eigenvalue weighted by atomic mass is 35.5. The maximum Gasteiger partial charge on any atom is 0.251 e. The molecule has 2 heterocycles. The van der Waals surface area contributed by atoms with Gasteiger partial charge in [0.1, 0.15) is 0 Å². The molecule has 1 aromatic heterocycles. The Balaban J connectivity index is 1.59. The summed E-state index contributed by atoms with van der Waals surface area (Å²) in [7, 11) is 1.84. The third-order valence-electron chi connectivity index (χ3n) is 6.21. The Morgan fingerprint density at radius 2 is 2.06 bits per heavy atom. The Morgan fingerprint density at radius 3 is 2.76 bits per heavy atom. The van der Waals surface area contributed by atoms with E-state index in [0.717, 1.165) is 48.7 Å². The van der Waals surface area contributed by atoms with Gasteiger partial charge in [-0.25, -0.2) is 8.78 Å². The van der Waals surface area contributed by atoms with Crippen molar-refractivity contribution in [2.75, 3.05) is 13.1 Å². The summed E-state index contributed by atoms with van der Waals surface area (Å²) in [5, 5.41) is 11.2. The van der Waals surface area contributed by atoms with E-state index in [2.05, 4.69) is 22.7 Å². The molecule has 1 saturated heterocycles. The highest BCUT2D eigenvalue weighted by Gasteiger charge is 2.29. The van der Waals surface area contributed by atoms with Gasteiger partial charge in [0, 0.05) is 36.7 Å². The van der Waals surface area contributed by atoms with E-state index in [1.807, 2.05) is 19.2 Å². The molecule has 0 aliphatic carbocycles. The minimum Gasteiger partial charge on any atom is -0.347 e. The first-order valence-corrected chi connectivity index (χ1v) is 11.5. The van der Waals surface area contributed by atoms with Crippen LogP contribution in [0.25, 0.3) is 11.3 Å². The van der Waals surface area contributed by atoms with Crippen molar-refractivity contribution in [3.05, 3.63) is 75.9 Å². The van der Waals surface area contributed by atoms with Gasteiger partial charge >= 0.3 is 0 Å². The summed E-state index contributed by atoms with van der Waals surface area (Å²) in [5.74, 6) is -2.04. The van der Waals surface area contributed by atoms with Crippen molar-refractivity contribution < 1.29 is 13.6 Å². The second-order valence-electron chi connectivity index (χ2n) is 8.44. The molecule has 0 spiro atoms. The lowest BCUT2D eigenvalue weighted by Crippen LogP contribution is -2.50. The molecule has 2 atom stereocenters. The first-order valence-electron chi connectivity index (χ1n) is 11.2. The van der Waals surface area contributed by atoms with Crippen molar-refractivity contribution in [3.8, 4) is 11.3 Å². The number of amides is 1. The van der Waals surface area contributed by atoms with Gasteiger partial charge in [0.2, 0.25) is 0 Å². The Labute approximate surface area is 197 Å². The summed E-state index contributed by atoms with van der Waals surface area (Å²) in [6.45, 7) is 3.39. The molecule has 1 amide bonds. The van der Waals surface area contributed by atoms with Crippen molar-refractivity contribution in [1.29, 1.82) is 0 Å². The number of rotatable bonds is 6. The molecule has 3 aromatic rings. The third-order valence-corrected chi connectivity index (χ3v) is 6.48. The van der Waals surface area contributed by atoms with Crippen molar-refractivity contribution in [2.45, 2.75) is 38.1 Å². The van der Waals surface area contributed by atoms with E-state index < -0.39 is 11.6 Å². The van der Waals surface area contributed by atoms with Crippen LogP contribution in [-0.2, 0) is 13.5 Å². The fraction of sp³-hybridized carbons (Fsp3) is 0.360. The second kappa shape index (κ2) is 10.0. The molecule has 0 bridgehead atoms. The minimum atomic E-state index is -0.871. The first-order chi connectivity index (χ1) is 15.9. The SMILES string of the molecule is CCCc1cc(C(=O)N[C@@H]2CNCC[C@H]2c2ccc(F)c(F)c2)ccc1-c1c(Cl)cnn1C. The van der Waals surface area contributed by atoms with Gasteiger partial charge in [0.25, 0.3) is 5.91 Å². The zero-order chi connectivity index (χ0) is 23.5. The minimum absolute atomic E-state index is 0.104. The van der Waals surface area contributed by atoms with Crippen molar-refractivity contribution in [3.63, 3.8) is 0 Å². The van der Waals surface area contributed by atoms with Crippen LogP contribution in [0.1, 0.15) is 47.2 Å². The van der Waals surface area contributed by atoms with Crippen LogP contribution < -0.4 is 10.6 Å². The van der Waals surface area contributed by atoms with Gasteiger partial charge < -0.3 is 10.6 Å². The lowest BCUT2D eigenvalue weighted by atomic mass is 9.85. The highest BCUT2D eigenvalue weighted by molar-refractivity contribution is 6.33. The third kappa shape index (κ3) is 4.94. The number of nitrogens with zero attached hydrogens (tertiary/aromatic N) is 2. The summed E-state index contributed by atoms with van der Waals surface area (Å²) in [5.41, 5.74) is 4.04. The fourth-order valence-corrected chi connectivity index (χ4v) is 4.83. The summed E-state index contributed by atoms with van der Waals surface area (Å²) >= 11 is 6.36. The van der Waals surface area contributed by atoms with Crippen LogP contribution in [0, 0.1) is 11.6 Å². The molecule has 5 nitrogen and oxygen atoms in total. The molecule has 2 N–H and O–H groups in total. The largest absolute Gasteiger partial charge is 0.347 e. The lowest BCUT2D eigenvalue weighted by molar-refractivity contribution is 0.0924. The van der Waals surface area contributed by atoms with E-state index >= 15 is 0 Å². The normalized spacial score (nSPS) is 18.3. The summed E-state index contributed by atoms with van der Waals surface area (Å²) in [6, 6.07) is 9.34. The van der Waals surface area contributed by atoms with Crippen LogP contribution in [0.3, 0.4) is 0 Å². The smallest absolute Gasteiger partial charge is 0.251 e. The number of hydrogen-bond acceptors (Lipinski definition) is 3. The topological polar surface area (TPSA) is 59.0 Å². The summed E-state index contributed by atoms with van der Waals surface area (Å²) < 4.78 is 29.0. The predicted octanol–water partition coefficient (Wildman–Crippen LogP) is 4.85. The molecule has 8 heteroatoms. The van der Waals surface area contributed by atoms with Crippen molar-refractivity contribution in [2.24, 2.45) is 7.05 Å². The van der Waals surface area contributed by atoms with Crippen LogP contribution >= 0.6 is 11.6 Å². The van der Waals surface area contributed by atoms with Crippen LogP contribution in [0.4, 0.5) is 8.78 Å². The van der Waals surface area contributed by atoms with E-state index in [0.29, 0.717) is 22.7 Å². The zero-order valence-corrected chi connectivity index (χ0v) is 19.4. The van der Waals surface area contributed by atoms with Crippen molar-refractivity contribution in [1.82, 2.24) is 20.4 Å². The van der Waals surface area contributed by atoms with Crippen LogP contribution in [0.15, 0.2) is 42.6 Å². The number of nitrogens with one attached hydrogen (secondary N) is 2. The Morgan fingerprint density at radius 1 is 1.24 bits per heavy atom. The van der Waals surface area contributed by atoms with Crippen molar-refractivity contribution >= 4 is 17.5 Å². The highest BCUT2D eigenvalue weighted by Crippen LogP contribution is 2.32. The molecule has 0 unspecified atom stereocenters. The average Bonchev–Trinajstić information content (AvgIpc) is 3.14. The molecular formula is C25H27ClF2N4O. The fourth-order valence-electron chi connectivity index (χ4n) is 4.56. The average molecular weight is 473 g/mol. The number of piperidine rings is 1. The van der Waals surface area contributed by atoms with E-state index in [-0.39, 0.29) is 17.9 Å². The molecule has 4 rings (SSSR count). The molecular weight excluding hydrogens is 446 g/mol. The maximum absolute atomic E-state index is 13.8. The molecule has 2 aromatic carbocycles. The lowest BCUT2D eigenvalue weighted by Gasteiger charge is -2.33. The Kier molecular flexibility index (Phi) is 7.10. The predicted molar refractivity (Wildman–Crippen MR) is 125 cm³/mol. The van der Waals surface area contributed by atoms with Gasteiger partial charge in [0.05, 0.1) is 16.9 Å². The number of benzene rings is 2. The molecule has 1 fully saturated rings. The monoisotopic (exact) mass is 472 g/mol. The molecule has 1 aliphatic rings. The summed E-state index contributed by atoms with van der Waals surface area (Å²) in [4.78, 5) is 13.2. The number of aryl methyl sites for hydroxylation is 2. The van der Waals surface area contributed by atoms with Gasteiger partial charge in [-0.05, 0) is 54.8 Å². The van der Waals surface area contributed by atoms with Gasteiger partial charge in [-0.3, -0.25) is 9.48 Å². The quantitative estimate of drug-likeness (QED) is 0.539. The molecule has 1 aliphatic heterocycles.